The van der Waals surface area contributed by atoms with Crippen LogP contribution in [0.2, 0.25) is 0 Å². The third-order valence-corrected chi connectivity index (χ3v) is 9.11. The van der Waals surface area contributed by atoms with Crippen LogP contribution in [0.5, 0.6) is 0 Å². The van der Waals surface area contributed by atoms with E-state index in [-0.39, 0.29) is 25.7 Å². The van der Waals surface area contributed by atoms with Gasteiger partial charge in [0.05, 0.1) is 25.4 Å². The fraction of sp³-hybridized carbons (Fsp3) is 0.769. The highest BCUT2D eigenvalue weighted by atomic mass is 31.2. The number of hydrogen-bond acceptors (Lipinski definition) is 6. The van der Waals surface area contributed by atoms with Gasteiger partial charge in [0.2, 0.25) is 5.91 Å². The van der Waals surface area contributed by atoms with Crippen LogP contribution < -0.4 is 11.1 Å². The summed E-state index contributed by atoms with van der Waals surface area (Å²) in [6.45, 7) is 4.00. The van der Waals surface area contributed by atoms with Gasteiger partial charge in [-0.15, -0.1) is 0 Å². The Morgan fingerprint density at radius 1 is 0.688 bits per heavy atom. The van der Waals surface area contributed by atoms with Crippen molar-refractivity contribution in [1.29, 1.82) is 0 Å². The SMILES string of the molecule is CCCC/C=C/CC/C=C/C(O)C(COP(=O)(O)OCCN)NC(=O)CCCCCCCCCCC/C=C\C/C=C\CCCCCCC. The minimum Gasteiger partial charge on any atom is -0.387 e. The Balaban J connectivity index is 4.15. The Morgan fingerprint density at radius 3 is 1.79 bits per heavy atom. The predicted octanol–water partition coefficient (Wildman–Crippen LogP) is 10.2. The van der Waals surface area contributed by atoms with Crippen LogP contribution >= 0.6 is 7.82 Å². The normalized spacial score (nSPS) is 14.9. The smallest absolute Gasteiger partial charge is 0.387 e. The molecule has 0 aliphatic carbocycles. The van der Waals surface area contributed by atoms with Crippen LogP contribution in [0.25, 0.3) is 0 Å². The molecular formula is C39H73N2O6P. The van der Waals surface area contributed by atoms with Crippen LogP contribution in [-0.4, -0.2) is 47.8 Å². The largest absolute Gasteiger partial charge is 0.472 e. The van der Waals surface area contributed by atoms with Crippen molar-refractivity contribution in [2.45, 2.75) is 174 Å². The highest BCUT2D eigenvalue weighted by Crippen LogP contribution is 2.43. The molecule has 280 valence electrons. The van der Waals surface area contributed by atoms with Crippen LogP contribution in [0.4, 0.5) is 0 Å². The Hall–Kier alpha value is -1.54. The van der Waals surface area contributed by atoms with Crippen LogP contribution in [0.15, 0.2) is 48.6 Å². The summed E-state index contributed by atoms with van der Waals surface area (Å²) in [7, 11) is -4.34. The third-order valence-electron chi connectivity index (χ3n) is 8.13. The van der Waals surface area contributed by atoms with E-state index in [1.165, 1.54) is 96.3 Å². The third kappa shape index (κ3) is 33.0. The van der Waals surface area contributed by atoms with Gasteiger partial charge in [0, 0.05) is 13.0 Å². The van der Waals surface area contributed by atoms with Crippen molar-refractivity contribution < 1.29 is 28.4 Å². The molecule has 0 saturated heterocycles. The fourth-order valence-corrected chi connectivity index (χ4v) is 5.92. The molecule has 0 spiro atoms. The fourth-order valence-electron chi connectivity index (χ4n) is 5.16. The van der Waals surface area contributed by atoms with Gasteiger partial charge < -0.3 is 21.1 Å². The second kappa shape index (κ2) is 35.3. The van der Waals surface area contributed by atoms with Crippen LogP contribution in [-0.2, 0) is 18.4 Å². The summed E-state index contributed by atoms with van der Waals surface area (Å²) in [5.41, 5.74) is 5.34. The van der Waals surface area contributed by atoms with Gasteiger partial charge >= 0.3 is 7.82 Å². The van der Waals surface area contributed by atoms with E-state index in [0.29, 0.717) is 6.42 Å². The van der Waals surface area contributed by atoms with Crippen molar-refractivity contribution in [2.75, 3.05) is 19.8 Å². The molecule has 0 aliphatic heterocycles. The number of hydrogen-bond donors (Lipinski definition) is 4. The number of amides is 1. The summed E-state index contributed by atoms with van der Waals surface area (Å²) in [4.78, 5) is 22.5. The standard InChI is InChI=1S/C39H73N2O6P/c1-3-5-7-9-11-13-14-15-16-17-18-19-20-21-22-23-24-25-27-29-31-33-39(43)41-37(36-47-48(44,45)46-35-34-40)38(42)32-30-28-26-12-10-8-6-4-2/h10,12,14-15,17-18,30,32,37-38,42H,3-9,11,13,16,19-29,31,33-36,40H2,1-2H3,(H,41,43)(H,44,45)/b12-10+,15-14-,18-17-,32-30+. The number of carbonyl (C=O) groups is 1. The number of allylic oxidation sites excluding steroid dienone is 7. The molecule has 8 nitrogen and oxygen atoms in total. The van der Waals surface area contributed by atoms with E-state index < -0.39 is 20.0 Å². The van der Waals surface area contributed by atoms with Crippen molar-refractivity contribution in [3.05, 3.63) is 48.6 Å². The van der Waals surface area contributed by atoms with Gasteiger partial charge in [-0.3, -0.25) is 13.8 Å². The van der Waals surface area contributed by atoms with Crippen LogP contribution in [0, 0.1) is 0 Å². The van der Waals surface area contributed by atoms with Gasteiger partial charge in [-0.05, 0) is 57.8 Å². The van der Waals surface area contributed by atoms with Crippen molar-refractivity contribution in [2.24, 2.45) is 5.73 Å². The Morgan fingerprint density at radius 2 is 1.19 bits per heavy atom. The Kier molecular flexibility index (Phi) is 34.2. The molecule has 3 atom stereocenters. The zero-order valence-corrected chi connectivity index (χ0v) is 31.6. The van der Waals surface area contributed by atoms with Gasteiger partial charge in [-0.2, -0.15) is 0 Å². The number of phosphoric ester groups is 1. The van der Waals surface area contributed by atoms with Gasteiger partial charge in [0.1, 0.15) is 0 Å². The Labute approximate surface area is 294 Å². The second-order valence-corrected chi connectivity index (χ2v) is 14.2. The lowest BCUT2D eigenvalue weighted by molar-refractivity contribution is -0.123. The first-order valence-electron chi connectivity index (χ1n) is 19.3. The number of rotatable bonds is 35. The topological polar surface area (TPSA) is 131 Å². The number of aliphatic hydroxyl groups is 1. The molecule has 0 rings (SSSR count). The van der Waals surface area contributed by atoms with E-state index in [1.54, 1.807) is 6.08 Å². The van der Waals surface area contributed by atoms with Crippen LogP contribution in [0.3, 0.4) is 0 Å². The van der Waals surface area contributed by atoms with Gasteiger partial charge in [0.15, 0.2) is 0 Å². The summed E-state index contributed by atoms with van der Waals surface area (Å²) >= 11 is 0. The molecule has 5 N–H and O–H groups in total. The van der Waals surface area contributed by atoms with Gasteiger partial charge in [-0.25, -0.2) is 4.57 Å². The number of aliphatic hydroxyl groups excluding tert-OH is 1. The minimum atomic E-state index is -4.34. The van der Waals surface area contributed by atoms with E-state index in [0.717, 1.165) is 44.9 Å². The van der Waals surface area contributed by atoms with E-state index >= 15 is 0 Å². The highest BCUT2D eigenvalue weighted by molar-refractivity contribution is 7.47. The molecule has 0 aromatic carbocycles. The average molecular weight is 697 g/mol. The first-order chi connectivity index (χ1) is 23.4. The number of nitrogens with one attached hydrogen (secondary N) is 1. The van der Waals surface area contributed by atoms with Gasteiger partial charge in [0.25, 0.3) is 0 Å². The maximum atomic E-state index is 12.7. The maximum Gasteiger partial charge on any atom is 0.472 e. The second-order valence-electron chi connectivity index (χ2n) is 12.8. The molecule has 0 heterocycles. The monoisotopic (exact) mass is 697 g/mol. The lowest BCUT2D eigenvalue weighted by atomic mass is 10.1. The number of phosphoric acid groups is 1. The zero-order chi connectivity index (χ0) is 35.4. The zero-order valence-electron chi connectivity index (χ0n) is 30.7. The molecule has 9 heteroatoms. The summed E-state index contributed by atoms with van der Waals surface area (Å²) in [5.74, 6) is -0.214. The maximum absolute atomic E-state index is 12.7. The molecule has 0 bridgehead atoms. The first-order valence-corrected chi connectivity index (χ1v) is 20.8. The molecule has 48 heavy (non-hydrogen) atoms. The van der Waals surface area contributed by atoms with E-state index in [4.69, 9.17) is 14.8 Å². The van der Waals surface area contributed by atoms with Crippen molar-refractivity contribution in [3.8, 4) is 0 Å². The van der Waals surface area contributed by atoms with E-state index in [1.807, 2.05) is 6.08 Å². The molecule has 3 unspecified atom stereocenters. The lowest BCUT2D eigenvalue weighted by Crippen LogP contribution is -2.45. The number of nitrogens with two attached hydrogens (primary N) is 1. The predicted molar refractivity (Wildman–Crippen MR) is 203 cm³/mol. The molecule has 0 radical (unpaired) electrons. The van der Waals surface area contributed by atoms with Crippen molar-refractivity contribution >= 4 is 13.7 Å². The summed E-state index contributed by atoms with van der Waals surface area (Å²) in [5, 5.41) is 13.5. The molecule has 0 saturated carbocycles. The van der Waals surface area contributed by atoms with Gasteiger partial charge in [-0.1, -0.05) is 146 Å². The van der Waals surface area contributed by atoms with Crippen molar-refractivity contribution in [1.82, 2.24) is 5.32 Å². The van der Waals surface area contributed by atoms with E-state index in [2.05, 4.69) is 55.6 Å². The Bertz CT molecular complexity index is 892. The highest BCUT2D eigenvalue weighted by Gasteiger charge is 2.26. The number of unbranched alkanes of at least 4 members (excludes halogenated alkanes) is 17. The first kappa shape index (κ1) is 46.5. The molecule has 0 fully saturated rings. The lowest BCUT2D eigenvalue weighted by Gasteiger charge is -2.23. The number of carbonyl (C=O) groups excluding carboxylic acids is 1. The summed E-state index contributed by atoms with van der Waals surface area (Å²) in [6, 6.07) is -0.877. The van der Waals surface area contributed by atoms with Crippen LogP contribution in [0.1, 0.15) is 162 Å². The molecule has 0 aliphatic rings. The summed E-state index contributed by atoms with van der Waals surface area (Å²) in [6.07, 6.45) is 41.8. The molecule has 0 aromatic heterocycles. The minimum absolute atomic E-state index is 0.0714. The van der Waals surface area contributed by atoms with E-state index in [9.17, 15) is 19.4 Å². The molecule has 1 amide bonds. The molecular weight excluding hydrogens is 623 g/mol. The quantitative estimate of drug-likeness (QED) is 0.0295. The summed E-state index contributed by atoms with van der Waals surface area (Å²) < 4.78 is 21.9. The molecule has 0 aromatic rings. The average Bonchev–Trinajstić information content (AvgIpc) is 3.07. The van der Waals surface area contributed by atoms with Crippen molar-refractivity contribution in [3.63, 3.8) is 0 Å².